The lowest BCUT2D eigenvalue weighted by Crippen LogP contribution is -1.97. The fourth-order valence-corrected chi connectivity index (χ4v) is 8.53. The Hall–Kier alpha value is -8.01. The molecular formula is C57H37N3. The Labute approximate surface area is 349 Å². The highest BCUT2D eigenvalue weighted by Gasteiger charge is 2.17. The van der Waals surface area contributed by atoms with Crippen molar-refractivity contribution in [3.8, 4) is 78.5 Å². The van der Waals surface area contributed by atoms with Crippen molar-refractivity contribution in [1.82, 2.24) is 15.0 Å². The van der Waals surface area contributed by atoms with Gasteiger partial charge in [0.1, 0.15) is 0 Å². The van der Waals surface area contributed by atoms with E-state index in [0.717, 1.165) is 83.3 Å². The lowest BCUT2D eigenvalue weighted by molar-refractivity contribution is 1.19. The van der Waals surface area contributed by atoms with Gasteiger partial charge in [-0.05, 0) is 85.3 Å². The molecule has 0 radical (unpaired) electrons. The van der Waals surface area contributed by atoms with Crippen molar-refractivity contribution in [1.29, 1.82) is 0 Å². The molecule has 0 N–H and O–H groups in total. The summed E-state index contributed by atoms with van der Waals surface area (Å²) in [6, 6.07) is 79.3. The maximum absolute atomic E-state index is 5.28. The maximum Gasteiger partial charge on any atom is 0.161 e. The average molecular weight is 764 g/mol. The molecule has 11 rings (SSSR count). The summed E-state index contributed by atoms with van der Waals surface area (Å²) < 4.78 is 0. The molecule has 2 aromatic heterocycles. The number of hydrogen-bond donors (Lipinski definition) is 0. The molecule has 0 atom stereocenters. The molecule has 0 amide bonds. The van der Waals surface area contributed by atoms with Gasteiger partial charge in [0.05, 0.1) is 22.6 Å². The Bertz CT molecular complexity index is 3340. The summed E-state index contributed by atoms with van der Waals surface area (Å²) in [5.74, 6) is 0.693. The lowest BCUT2D eigenvalue weighted by atomic mass is 9.90. The summed E-state index contributed by atoms with van der Waals surface area (Å²) in [6.45, 7) is 0. The summed E-state index contributed by atoms with van der Waals surface area (Å²) in [5.41, 5.74) is 14.8. The number of hydrogen-bond acceptors (Lipinski definition) is 3. The first-order valence-corrected chi connectivity index (χ1v) is 20.3. The zero-order chi connectivity index (χ0) is 39.8. The molecule has 3 heteroatoms. The van der Waals surface area contributed by atoms with E-state index in [2.05, 4.69) is 206 Å². The Morgan fingerprint density at radius 1 is 0.250 bits per heavy atom. The molecular weight excluding hydrogens is 727 g/mol. The van der Waals surface area contributed by atoms with Gasteiger partial charge in [0.15, 0.2) is 5.82 Å². The van der Waals surface area contributed by atoms with E-state index in [1.165, 1.54) is 21.9 Å². The molecule has 0 unspecified atom stereocenters. The third-order valence-electron chi connectivity index (χ3n) is 11.5. The molecule has 9 aromatic carbocycles. The number of benzene rings is 9. The van der Waals surface area contributed by atoms with E-state index in [1.807, 2.05) is 18.2 Å². The first kappa shape index (κ1) is 35.2. The van der Waals surface area contributed by atoms with Crippen LogP contribution < -0.4 is 0 Å². The molecule has 0 spiro atoms. The molecule has 280 valence electrons. The topological polar surface area (TPSA) is 38.7 Å². The molecule has 0 aliphatic rings. The minimum absolute atomic E-state index is 0.693. The molecule has 0 saturated carbocycles. The second kappa shape index (κ2) is 15.1. The van der Waals surface area contributed by atoms with Crippen LogP contribution in [-0.2, 0) is 0 Å². The summed E-state index contributed by atoms with van der Waals surface area (Å²) in [4.78, 5) is 15.7. The third kappa shape index (κ3) is 6.49. The van der Waals surface area contributed by atoms with Crippen molar-refractivity contribution in [2.75, 3.05) is 0 Å². The Kier molecular flexibility index (Phi) is 8.83. The van der Waals surface area contributed by atoms with Gasteiger partial charge in [0.2, 0.25) is 0 Å². The summed E-state index contributed by atoms with van der Waals surface area (Å²) in [5, 5.41) is 5.80. The molecule has 0 aliphatic heterocycles. The predicted molar refractivity (Wildman–Crippen MR) is 250 cm³/mol. The smallest absolute Gasteiger partial charge is 0.161 e. The number of nitrogens with zero attached hydrogens (tertiary/aromatic N) is 3. The monoisotopic (exact) mass is 763 g/mol. The van der Waals surface area contributed by atoms with Crippen LogP contribution in [0.4, 0.5) is 0 Å². The van der Waals surface area contributed by atoms with Gasteiger partial charge in [-0.3, -0.25) is 0 Å². The van der Waals surface area contributed by atoms with E-state index in [0.29, 0.717) is 5.82 Å². The van der Waals surface area contributed by atoms with Crippen LogP contribution in [0.3, 0.4) is 0 Å². The summed E-state index contributed by atoms with van der Waals surface area (Å²) in [7, 11) is 0. The van der Waals surface area contributed by atoms with Crippen molar-refractivity contribution in [3.63, 3.8) is 0 Å². The van der Waals surface area contributed by atoms with Crippen molar-refractivity contribution in [2.24, 2.45) is 0 Å². The zero-order valence-electron chi connectivity index (χ0n) is 32.7. The van der Waals surface area contributed by atoms with Crippen LogP contribution in [0.2, 0.25) is 0 Å². The third-order valence-corrected chi connectivity index (χ3v) is 11.5. The largest absolute Gasteiger partial charge is 0.248 e. The van der Waals surface area contributed by atoms with Crippen LogP contribution in [0.15, 0.2) is 224 Å². The first-order chi connectivity index (χ1) is 29.7. The summed E-state index contributed by atoms with van der Waals surface area (Å²) >= 11 is 0. The summed E-state index contributed by atoms with van der Waals surface area (Å²) in [6.07, 6.45) is 0. The van der Waals surface area contributed by atoms with Gasteiger partial charge in [0.25, 0.3) is 0 Å². The predicted octanol–water partition coefficient (Wildman–Crippen LogP) is 15.0. The number of fused-ring (bicyclic) bond motifs is 4. The zero-order valence-corrected chi connectivity index (χ0v) is 32.7. The van der Waals surface area contributed by atoms with E-state index in [1.54, 1.807) is 0 Å². The quantitative estimate of drug-likeness (QED) is 0.152. The van der Waals surface area contributed by atoms with E-state index in [4.69, 9.17) is 15.0 Å². The lowest BCUT2D eigenvalue weighted by Gasteiger charge is -2.16. The van der Waals surface area contributed by atoms with Crippen molar-refractivity contribution >= 4 is 32.4 Å². The van der Waals surface area contributed by atoms with Crippen LogP contribution in [0, 0.1) is 0 Å². The Balaban J connectivity index is 1.05. The van der Waals surface area contributed by atoms with Crippen molar-refractivity contribution < 1.29 is 0 Å². The molecule has 0 bridgehead atoms. The first-order valence-electron chi connectivity index (χ1n) is 20.3. The number of aromatic nitrogens is 3. The van der Waals surface area contributed by atoms with Gasteiger partial charge in [-0.1, -0.05) is 194 Å². The van der Waals surface area contributed by atoms with E-state index >= 15 is 0 Å². The normalized spacial score (nSPS) is 11.3. The van der Waals surface area contributed by atoms with Gasteiger partial charge < -0.3 is 0 Å². The molecule has 0 saturated heterocycles. The molecule has 2 heterocycles. The van der Waals surface area contributed by atoms with Crippen molar-refractivity contribution in [2.45, 2.75) is 0 Å². The fourth-order valence-electron chi connectivity index (χ4n) is 8.53. The molecule has 3 nitrogen and oxygen atoms in total. The van der Waals surface area contributed by atoms with Crippen LogP contribution in [0.1, 0.15) is 0 Å². The number of pyridine rings is 1. The standard InChI is InChI=1S/C57H37N3/c1-4-15-38(16-5-1)39-27-29-43(30-28-39)55-37-54(42-20-8-3-9-21-42)59-57(60-55)50-33-32-46(48-25-12-13-26-49(48)50)44-22-14-23-45(35-44)51-36-53(41-18-6-2-7-19-41)58-52-34-31-40-17-10-11-24-47(40)56(51)52/h1-37H. The highest BCUT2D eigenvalue weighted by molar-refractivity contribution is 6.14. The van der Waals surface area contributed by atoms with Crippen LogP contribution >= 0.6 is 0 Å². The Morgan fingerprint density at radius 2 is 0.717 bits per heavy atom. The molecule has 11 aromatic rings. The van der Waals surface area contributed by atoms with Gasteiger partial charge in [-0.15, -0.1) is 0 Å². The highest BCUT2D eigenvalue weighted by atomic mass is 14.9. The second-order valence-electron chi connectivity index (χ2n) is 15.2. The van der Waals surface area contributed by atoms with Gasteiger partial charge in [-0.25, -0.2) is 15.0 Å². The van der Waals surface area contributed by atoms with Crippen LogP contribution in [0.5, 0.6) is 0 Å². The average Bonchev–Trinajstić information content (AvgIpc) is 3.34. The number of rotatable bonds is 7. The molecule has 60 heavy (non-hydrogen) atoms. The van der Waals surface area contributed by atoms with Crippen molar-refractivity contribution in [3.05, 3.63) is 224 Å². The SMILES string of the molecule is c1ccc(-c2ccc(-c3cc(-c4ccccc4)nc(-c4ccc(-c5cccc(-c6cc(-c7ccccc7)nc7ccc8ccccc8c67)c5)c5ccccc45)n3)cc2)cc1. The second-order valence-corrected chi connectivity index (χ2v) is 15.2. The van der Waals surface area contributed by atoms with E-state index in [9.17, 15) is 0 Å². The van der Waals surface area contributed by atoms with Crippen LogP contribution in [0.25, 0.3) is 111 Å². The van der Waals surface area contributed by atoms with Crippen LogP contribution in [-0.4, -0.2) is 15.0 Å². The molecule has 0 fully saturated rings. The minimum Gasteiger partial charge on any atom is -0.248 e. The van der Waals surface area contributed by atoms with Gasteiger partial charge in [0, 0.05) is 27.6 Å². The van der Waals surface area contributed by atoms with Gasteiger partial charge in [-0.2, -0.15) is 0 Å². The molecule has 0 aliphatic carbocycles. The highest BCUT2D eigenvalue weighted by Crippen LogP contribution is 2.41. The Morgan fingerprint density at radius 3 is 1.38 bits per heavy atom. The maximum atomic E-state index is 5.28. The van der Waals surface area contributed by atoms with E-state index in [-0.39, 0.29) is 0 Å². The van der Waals surface area contributed by atoms with Gasteiger partial charge >= 0.3 is 0 Å². The fraction of sp³-hybridized carbons (Fsp3) is 0. The van der Waals surface area contributed by atoms with E-state index < -0.39 is 0 Å². The minimum atomic E-state index is 0.693.